The lowest BCUT2D eigenvalue weighted by Crippen LogP contribution is -1.95. The van der Waals surface area contributed by atoms with E-state index in [0.717, 1.165) is 0 Å². The highest BCUT2D eigenvalue weighted by molar-refractivity contribution is 5.48. The Kier molecular flexibility index (Phi) is 2.09. The Hall–Kier alpha value is -1.62. The highest BCUT2D eigenvalue weighted by Gasteiger charge is 2.32. The van der Waals surface area contributed by atoms with Crippen LogP contribution >= 0.6 is 0 Å². The van der Waals surface area contributed by atoms with Crippen LogP contribution in [-0.4, -0.2) is 18.6 Å². The molecule has 1 heterocycles. The topological polar surface area (TPSA) is 64.9 Å². The molecule has 0 saturated carbocycles. The minimum Gasteiger partial charge on any atom is -0.497 e. The first-order valence-corrected chi connectivity index (χ1v) is 4.16. The Morgan fingerprint density at radius 2 is 2.36 bits per heavy atom. The highest BCUT2D eigenvalue weighted by Crippen LogP contribution is 2.37. The summed E-state index contributed by atoms with van der Waals surface area (Å²) in [6, 6.07) is 4.79. The molecule has 1 fully saturated rings. The molecule has 0 radical (unpaired) electrons. The van der Waals surface area contributed by atoms with E-state index in [-0.39, 0.29) is 11.8 Å². The van der Waals surface area contributed by atoms with Crippen molar-refractivity contribution in [1.82, 2.24) is 0 Å². The Morgan fingerprint density at radius 1 is 1.64 bits per heavy atom. The van der Waals surface area contributed by atoms with E-state index in [9.17, 15) is 10.1 Å². The maximum Gasteiger partial charge on any atom is 0.279 e. The molecule has 0 aromatic heterocycles. The Bertz CT molecular complexity index is 373. The van der Waals surface area contributed by atoms with Crippen LogP contribution in [0.5, 0.6) is 5.75 Å². The van der Waals surface area contributed by atoms with Gasteiger partial charge in [-0.25, -0.2) is 0 Å². The van der Waals surface area contributed by atoms with Gasteiger partial charge >= 0.3 is 0 Å². The van der Waals surface area contributed by atoms with Gasteiger partial charge in [0.15, 0.2) is 0 Å². The molecule has 0 unspecified atom stereocenters. The molecular weight excluding hydrogens is 186 g/mol. The van der Waals surface area contributed by atoms with Crippen LogP contribution < -0.4 is 4.74 Å². The van der Waals surface area contributed by atoms with E-state index in [1.54, 1.807) is 12.1 Å². The van der Waals surface area contributed by atoms with Crippen LogP contribution in [0, 0.1) is 10.1 Å². The predicted molar refractivity (Wildman–Crippen MR) is 48.3 cm³/mol. The van der Waals surface area contributed by atoms with Crippen molar-refractivity contribution in [2.75, 3.05) is 13.7 Å². The Balaban J connectivity index is 2.43. The summed E-state index contributed by atoms with van der Waals surface area (Å²) in [6.07, 6.45) is -0.110. The quantitative estimate of drug-likeness (QED) is 0.418. The molecule has 14 heavy (non-hydrogen) atoms. The molecular formula is C9H9NO4. The van der Waals surface area contributed by atoms with Crippen LogP contribution in [0.1, 0.15) is 11.7 Å². The van der Waals surface area contributed by atoms with Gasteiger partial charge in [-0.1, -0.05) is 0 Å². The third-order valence-electron chi connectivity index (χ3n) is 2.11. The van der Waals surface area contributed by atoms with Gasteiger partial charge in [0.25, 0.3) is 5.69 Å². The van der Waals surface area contributed by atoms with E-state index < -0.39 is 4.92 Å². The molecule has 2 rings (SSSR count). The second kappa shape index (κ2) is 3.26. The van der Waals surface area contributed by atoms with Gasteiger partial charge in [0, 0.05) is 0 Å². The van der Waals surface area contributed by atoms with Gasteiger partial charge in [-0.3, -0.25) is 10.1 Å². The van der Waals surface area contributed by atoms with Crippen LogP contribution in [0.2, 0.25) is 0 Å². The zero-order chi connectivity index (χ0) is 10.1. The molecule has 0 amide bonds. The first-order chi connectivity index (χ1) is 6.72. The van der Waals surface area contributed by atoms with Crippen molar-refractivity contribution in [3.8, 4) is 5.75 Å². The molecule has 1 aromatic rings. The summed E-state index contributed by atoms with van der Waals surface area (Å²) in [6.45, 7) is 0.563. The summed E-state index contributed by atoms with van der Waals surface area (Å²) in [5.74, 6) is 0.487. The zero-order valence-electron chi connectivity index (χ0n) is 7.60. The minimum atomic E-state index is -0.417. The maximum absolute atomic E-state index is 10.7. The summed E-state index contributed by atoms with van der Waals surface area (Å²) in [5, 5.41) is 10.7. The number of nitro groups is 1. The summed E-state index contributed by atoms with van der Waals surface area (Å²) >= 11 is 0. The Labute approximate surface area is 80.4 Å². The smallest absolute Gasteiger partial charge is 0.279 e. The summed E-state index contributed by atoms with van der Waals surface area (Å²) in [4.78, 5) is 10.3. The van der Waals surface area contributed by atoms with Gasteiger partial charge in [0.2, 0.25) is 0 Å². The van der Waals surface area contributed by atoms with Gasteiger partial charge in [-0.15, -0.1) is 0 Å². The van der Waals surface area contributed by atoms with Gasteiger partial charge in [0.1, 0.15) is 11.9 Å². The van der Waals surface area contributed by atoms with Gasteiger partial charge in [-0.2, -0.15) is 0 Å². The molecule has 0 bridgehead atoms. The molecule has 1 atom stereocenters. The third kappa shape index (κ3) is 1.54. The number of methoxy groups -OCH3 is 1. The van der Waals surface area contributed by atoms with Crippen LogP contribution in [0.3, 0.4) is 0 Å². The fourth-order valence-corrected chi connectivity index (χ4v) is 1.31. The number of nitrogens with zero attached hydrogens (tertiary/aromatic N) is 1. The largest absolute Gasteiger partial charge is 0.497 e. The fraction of sp³-hybridized carbons (Fsp3) is 0.333. The van der Waals surface area contributed by atoms with E-state index in [1.807, 2.05) is 0 Å². The molecule has 74 valence electrons. The average molecular weight is 195 g/mol. The van der Waals surface area contributed by atoms with Crippen molar-refractivity contribution in [3.63, 3.8) is 0 Å². The third-order valence-corrected chi connectivity index (χ3v) is 2.11. The summed E-state index contributed by atoms with van der Waals surface area (Å²) in [7, 11) is 1.48. The lowest BCUT2D eigenvalue weighted by molar-refractivity contribution is -0.385. The van der Waals surface area contributed by atoms with E-state index in [0.29, 0.717) is 17.9 Å². The number of hydrogen-bond donors (Lipinski definition) is 0. The molecule has 1 aliphatic rings. The second-order valence-electron chi connectivity index (χ2n) is 3.00. The SMILES string of the molecule is COc1ccc([C@@H]2CO2)c([N+](=O)[O-])c1. The lowest BCUT2D eigenvalue weighted by atomic mass is 10.1. The molecule has 0 aliphatic carbocycles. The van der Waals surface area contributed by atoms with Crippen molar-refractivity contribution in [2.24, 2.45) is 0 Å². The first-order valence-electron chi connectivity index (χ1n) is 4.16. The van der Waals surface area contributed by atoms with Crippen molar-refractivity contribution < 1.29 is 14.4 Å². The van der Waals surface area contributed by atoms with Gasteiger partial charge < -0.3 is 9.47 Å². The number of epoxide rings is 1. The predicted octanol–water partition coefficient (Wildman–Crippen LogP) is 1.67. The highest BCUT2D eigenvalue weighted by atomic mass is 16.6. The molecule has 5 nitrogen and oxygen atoms in total. The summed E-state index contributed by atoms with van der Waals surface area (Å²) < 4.78 is 9.93. The fourth-order valence-electron chi connectivity index (χ4n) is 1.31. The van der Waals surface area contributed by atoms with E-state index in [4.69, 9.17) is 9.47 Å². The van der Waals surface area contributed by atoms with Gasteiger partial charge in [-0.05, 0) is 12.1 Å². The van der Waals surface area contributed by atoms with Gasteiger partial charge in [0.05, 0.1) is 30.3 Å². The van der Waals surface area contributed by atoms with Crippen molar-refractivity contribution in [1.29, 1.82) is 0 Å². The zero-order valence-corrected chi connectivity index (χ0v) is 7.60. The monoisotopic (exact) mass is 195 g/mol. The number of benzene rings is 1. The van der Waals surface area contributed by atoms with Crippen LogP contribution in [0.4, 0.5) is 5.69 Å². The minimum absolute atomic E-state index is 0.0619. The molecule has 1 aromatic carbocycles. The van der Waals surface area contributed by atoms with Crippen molar-refractivity contribution in [3.05, 3.63) is 33.9 Å². The molecule has 0 spiro atoms. The second-order valence-corrected chi connectivity index (χ2v) is 3.00. The van der Waals surface area contributed by atoms with Crippen LogP contribution in [0.25, 0.3) is 0 Å². The maximum atomic E-state index is 10.7. The van der Waals surface area contributed by atoms with Crippen LogP contribution in [-0.2, 0) is 4.74 Å². The molecule has 1 aliphatic heterocycles. The lowest BCUT2D eigenvalue weighted by Gasteiger charge is -2.02. The number of rotatable bonds is 3. The summed E-state index contributed by atoms with van der Waals surface area (Å²) in [5.41, 5.74) is 0.683. The standard InChI is InChI=1S/C9H9NO4/c1-13-6-2-3-7(9-5-14-9)8(4-6)10(11)12/h2-4,9H,5H2,1H3/t9-/m0/s1. The average Bonchev–Trinajstić information content (AvgIpc) is 3.00. The Morgan fingerprint density at radius 3 is 2.86 bits per heavy atom. The van der Waals surface area contributed by atoms with E-state index in [1.165, 1.54) is 13.2 Å². The van der Waals surface area contributed by atoms with E-state index in [2.05, 4.69) is 0 Å². The van der Waals surface area contributed by atoms with E-state index >= 15 is 0 Å². The number of hydrogen-bond acceptors (Lipinski definition) is 4. The molecule has 5 heteroatoms. The number of ether oxygens (including phenoxy) is 2. The number of nitro benzene ring substituents is 1. The molecule has 0 N–H and O–H groups in total. The molecule has 1 saturated heterocycles. The van der Waals surface area contributed by atoms with Crippen molar-refractivity contribution >= 4 is 5.69 Å². The normalized spacial score (nSPS) is 19.1. The van der Waals surface area contributed by atoms with Crippen molar-refractivity contribution in [2.45, 2.75) is 6.10 Å². The first kappa shape index (κ1) is 8.96. The van der Waals surface area contributed by atoms with Crippen LogP contribution in [0.15, 0.2) is 18.2 Å².